The first kappa shape index (κ1) is 21.2. The molecule has 2 aromatic carbocycles. The molecule has 1 aromatic heterocycles. The average Bonchev–Trinajstić information content (AvgIpc) is 2.79. The Labute approximate surface area is 183 Å². The number of hydrogen-bond acceptors (Lipinski definition) is 3. The van der Waals surface area contributed by atoms with E-state index in [2.05, 4.69) is 15.2 Å². The van der Waals surface area contributed by atoms with Gasteiger partial charge in [-0.05, 0) is 60.7 Å². The van der Waals surface area contributed by atoms with E-state index in [4.69, 9.17) is 0 Å². The van der Waals surface area contributed by atoms with Crippen molar-refractivity contribution in [3.05, 3.63) is 102 Å². The van der Waals surface area contributed by atoms with Crippen LogP contribution in [0.4, 0.5) is 4.39 Å². The minimum absolute atomic E-state index is 0.00380. The van der Waals surface area contributed by atoms with E-state index in [-0.39, 0.29) is 23.7 Å². The lowest BCUT2D eigenvalue weighted by Crippen LogP contribution is -2.43. The number of nitrogens with zero attached hydrogens (tertiary/aromatic N) is 2. The van der Waals surface area contributed by atoms with Crippen molar-refractivity contribution in [1.29, 1.82) is 0 Å². The summed E-state index contributed by atoms with van der Waals surface area (Å²) in [4.78, 5) is 19.8. The molecule has 1 saturated heterocycles. The van der Waals surface area contributed by atoms with E-state index in [0.29, 0.717) is 13.0 Å². The number of nitrogens with one attached hydrogen (secondary N) is 1. The van der Waals surface area contributed by atoms with Crippen molar-refractivity contribution >= 4 is 5.91 Å². The van der Waals surface area contributed by atoms with Crippen molar-refractivity contribution in [3.8, 4) is 0 Å². The smallest absolute Gasteiger partial charge is 0.224 e. The van der Waals surface area contributed by atoms with Gasteiger partial charge in [-0.25, -0.2) is 4.39 Å². The van der Waals surface area contributed by atoms with Gasteiger partial charge in [-0.2, -0.15) is 0 Å². The molecule has 1 N–H and O–H groups in total. The van der Waals surface area contributed by atoms with E-state index in [9.17, 15) is 9.18 Å². The van der Waals surface area contributed by atoms with E-state index in [0.717, 1.165) is 42.8 Å². The topological polar surface area (TPSA) is 45.2 Å². The highest BCUT2D eigenvalue weighted by atomic mass is 19.1. The van der Waals surface area contributed by atoms with Crippen LogP contribution < -0.4 is 5.32 Å². The van der Waals surface area contributed by atoms with Crippen molar-refractivity contribution in [2.75, 3.05) is 13.1 Å². The molecular formula is C26H28FN3O. The lowest BCUT2D eigenvalue weighted by molar-refractivity contribution is -0.121. The molecule has 0 radical (unpaired) electrons. The highest BCUT2D eigenvalue weighted by Crippen LogP contribution is 2.30. The van der Waals surface area contributed by atoms with Crippen LogP contribution in [0.5, 0.6) is 0 Å². The number of piperidine rings is 1. The van der Waals surface area contributed by atoms with Crippen LogP contribution in [-0.4, -0.2) is 28.9 Å². The number of amides is 1. The Morgan fingerprint density at radius 2 is 1.87 bits per heavy atom. The summed E-state index contributed by atoms with van der Waals surface area (Å²) in [7, 11) is 0. The molecule has 1 amide bonds. The van der Waals surface area contributed by atoms with Gasteiger partial charge in [-0.1, -0.05) is 48.5 Å². The fraction of sp³-hybridized carbons (Fsp3) is 0.308. The SMILES string of the molecule is O=C(Cc1ccccc1)N[C@H](c1ccccn1)[C@H]1CCCN(Cc2cccc(F)c2)C1. The number of carbonyl (C=O) groups excluding carboxylic acids is 1. The fourth-order valence-electron chi connectivity index (χ4n) is 4.40. The van der Waals surface area contributed by atoms with Crippen LogP contribution in [0.25, 0.3) is 0 Å². The molecule has 0 saturated carbocycles. The van der Waals surface area contributed by atoms with E-state index in [1.54, 1.807) is 18.3 Å². The standard InChI is InChI=1S/C26H28FN3O/c27-23-12-6-10-21(16-23)18-30-15-7-11-22(19-30)26(24-13-4-5-14-28-24)29-25(31)17-20-8-2-1-3-9-20/h1-6,8-10,12-14,16,22,26H,7,11,15,17-19H2,(H,29,31)/t22-,26-/m0/s1. The highest BCUT2D eigenvalue weighted by molar-refractivity contribution is 5.79. The molecule has 0 aliphatic carbocycles. The maximum atomic E-state index is 13.6. The molecule has 1 aliphatic rings. The van der Waals surface area contributed by atoms with Gasteiger partial charge >= 0.3 is 0 Å². The summed E-state index contributed by atoms with van der Waals surface area (Å²) in [5.74, 6) is 0.0478. The molecule has 5 heteroatoms. The average molecular weight is 418 g/mol. The molecule has 0 bridgehead atoms. The molecule has 0 spiro atoms. The fourth-order valence-corrected chi connectivity index (χ4v) is 4.40. The first-order valence-corrected chi connectivity index (χ1v) is 10.9. The molecule has 0 unspecified atom stereocenters. The second-order valence-electron chi connectivity index (χ2n) is 8.23. The van der Waals surface area contributed by atoms with Gasteiger partial charge in [0.05, 0.1) is 18.2 Å². The second-order valence-corrected chi connectivity index (χ2v) is 8.23. The number of likely N-dealkylation sites (tertiary alicyclic amines) is 1. The number of halogens is 1. The van der Waals surface area contributed by atoms with Crippen molar-refractivity contribution in [1.82, 2.24) is 15.2 Å². The predicted molar refractivity (Wildman–Crippen MR) is 120 cm³/mol. The zero-order valence-electron chi connectivity index (χ0n) is 17.6. The second kappa shape index (κ2) is 10.3. The Balaban J connectivity index is 1.47. The van der Waals surface area contributed by atoms with Gasteiger partial charge in [0, 0.05) is 19.3 Å². The van der Waals surface area contributed by atoms with Crippen LogP contribution in [0.3, 0.4) is 0 Å². The molecule has 31 heavy (non-hydrogen) atoms. The normalized spacial score (nSPS) is 17.8. The highest BCUT2D eigenvalue weighted by Gasteiger charge is 2.30. The van der Waals surface area contributed by atoms with Crippen molar-refractivity contribution < 1.29 is 9.18 Å². The van der Waals surface area contributed by atoms with Crippen LogP contribution in [0.15, 0.2) is 79.0 Å². The van der Waals surface area contributed by atoms with E-state index >= 15 is 0 Å². The Hall–Kier alpha value is -3.05. The molecule has 2 atom stereocenters. The third-order valence-electron chi connectivity index (χ3n) is 5.84. The number of hydrogen-bond donors (Lipinski definition) is 1. The maximum absolute atomic E-state index is 13.6. The van der Waals surface area contributed by atoms with Crippen LogP contribution in [-0.2, 0) is 17.8 Å². The molecular weight excluding hydrogens is 389 g/mol. The first-order valence-electron chi connectivity index (χ1n) is 10.9. The van der Waals surface area contributed by atoms with E-state index < -0.39 is 0 Å². The molecule has 4 nitrogen and oxygen atoms in total. The number of rotatable bonds is 7. The number of pyridine rings is 1. The van der Waals surface area contributed by atoms with E-state index in [1.807, 2.05) is 54.6 Å². The zero-order chi connectivity index (χ0) is 21.5. The molecule has 4 rings (SSSR count). The monoisotopic (exact) mass is 417 g/mol. The summed E-state index contributed by atoms with van der Waals surface area (Å²) in [6.07, 6.45) is 4.19. The van der Waals surface area contributed by atoms with Crippen molar-refractivity contribution in [2.24, 2.45) is 5.92 Å². The predicted octanol–water partition coefficient (Wildman–Crippen LogP) is 4.53. The first-order chi connectivity index (χ1) is 15.2. The number of carbonyl (C=O) groups is 1. The summed E-state index contributed by atoms with van der Waals surface area (Å²) in [6.45, 7) is 2.52. The van der Waals surface area contributed by atoms with Crippen LogP contribution in [0, 0.1) is 11.7 Å². The summed E-state index contributed by atoms with van der Waals surface area (Å²) in [5, 5.41) is 3.26. The molecule has 2 heterocycles. The summed E-state index contributed by atoms with van der Waals surface area (Å²) >= 11 is 0. The Morgan fingerprint density at radius 3 is 2.65 bits per heavy atom. The summed E-state index contributed by atoms with van der Waals surface area (Å²) < 4.78 is 13.6. The van der Waals surface area contributed by atoms with Crippen LogP contribution in [0.1, 0.15) is 35.7 Å². The van der Waals surface area contributed by atoms with Gasteiger partial charge in [0.1, 0.15) is 5.82 Å². The summed E-state index contributed by atoms with van der Waals surface area (Å²) in [6, 6.07) is 22.3. The van der Waals surface area contributed by atoms with Crippen molar-refractivity contribution in [2.45, 2.75) is 31.8 Å². The van der Waals surface area contributed by atoms with Gasteiger partial charge < -0.3 is 5.32 Å². The van der Waals surface area contributed by atoms with Gasteiger partial charge in [0.25, 0.3) is 0 Å². The Kier molecular flexibility index (Phi) is 7.05. The number of aromatic nitrogens is 1. The zero-order valence-corrected chi connectivity index (χ0v) is 17.6. The van der Waals surface area contributed by atoms with E-state index in [1.165, 1.54) is 6.07 Å². The molecule has 1 aliphatic heterocycles. The lowest BCUT2D eigenvalue weighted by Gasteiger charge is -2.37. The summed E-state index contributed by atoms with van der Waals surface area (Å²) in [5.41, 5.74) is 2.86. The molecule has 160 valence electrons. The third kappa shape index (κ3) is 5.98. The van der Waals surface area contributed by atoms with Gasteiger partial charge in [0.2, 0.25) is 5.91 Å². The number of benzene rings is 2. The minimum Gasteiger partial charge on any atom is -0.347 e. The lowest BCUT2D eigenvalue weighted by atomic mass is 9.88. The minimum atomic E-state index is -0.203. The molecule has 1 fully saturated rings. The third-order valence-corrected chi connectivity index (χ3v) is 5.84. The Morgan fingerprint density at radius 1 is 1.06 bits per heavy atom. The van der Waals surface area contributed by atoms with Gasteiger partial charge in [-0.15, -0.1) is 0 Å². The molecule has 3 aromatic rings. The van der Waals surface area contributed by atoms with Gasteiger partial charge in [0.15, 0.2) is 0 Å². The van der Waals surface area contributed by atoms with Crippen LogP contribution in [0.2, 0.25) is 0 Å². The van der Waals surface area contributed by atoms with Crippen molar-refractivity contribution in [3.63, 3.8) is 0 Å². The van der Waals surface area contributed by atoms with Gasteiger partial charge in [-0.3, -0.25) is 14.7 Å². The quantitative estimate of drug-likeness (QED) is 0.614. The Bertz CT molecular complexity index is 980. The maximum Gasteiger partial charge on any atom is 0.224 e. The van der Waals surface area contributed by atoms with Crippen LogP contribution >= 0.6 is 0 Å². The largest absolute Gasteiger partial charge is 0.347 e.